The zero-order valence-electron chi connectivity index (χ0n) is 13.9. The highest BCUT2D eigenvalue weighted by Crippen LogP contribution is 2.32. The van der Waals surface area contributed by atoms with Gasteiger partial charge in [-0.3, -0.25) is 0 Å². The topological polar surface area (TPSA) is 21.3 Å². The number of benzene rings is 2. The molecule has 0 aliphatic heterocycles. The van der Waals surface area contributed by atoms with Gasteiger partial charge < -0.3 is 10.1 Å². The Kier molecular flexibility index (Phi) is 6.93. The standard InChI is InChI=1S/C19H24FNOS/c1-14(13-21-3)9-10-22-19-12-18(8-7-15(19)2)23-17-6-4-5-16(20)11-17/h4-8,11-12,14,21H,9-10,13H2,1-3H3. The van der Waals surface area contributed by atoms with Gasteiger partial charge in [0.2, 0.25) is 0 Å². The third kappa shape index (κ3) is 5.88. The first-order valence-electron chi connectivity index (χ1n) is 7.90. The molecule has 0 fully saturated rings. The lowest BCUT2D eigenvalue weighted by Gasteiger charge is -2.14. The van der Waals surface area contributed by atoms with Crippen LogP contribution >= 0.6 is 11.8 Å². The van der Waals surface area contributed by atoms with Crippen LogP contribution in [0.4, 0.5) is 4.39 Å². The van der Waals surface area contributed by atoms with Gasteiger partial charge in [0.05, 0.1) is 6.61 Å². The first kappa shape index (κ1) is 17.8. The second kappa shape index (κ2) is 8.94. The van der Waals surface area contributed by atoms with Crippen LogP contribution in [0.3, 0.4) is 0 Å². The van der Waals surface area contributed by atoms with Gasteiger partial charge in [0, 0.05) is 9.79 Å². The van der Waals surface area contributed by atoms with Gasteiger partial charge in [-0.15, -0.1) is 0 Å². The molecule has 0 heterocycles. The summed E-state index contributed by atoms with van der Waals surface area (Å²) >= 11 is 1.54. The van der Waals surface area contributed by atoms with Crippen LogP contribution in [0.25, 0.3) is 0 Å². The molecule has 1 atom stereocenters. The summed E-state index contributed by atoms with van der Waals surface area (Å²) in [6, 6.07) is 12.8. The summed E-state index contributed by atoms with van der Waals surface area (Å²) in [6.45, 7) is 5.96. The number of nitrogens with one attached hydrogen (secondary N) is 1. The second-order valence-corrected chi connectivity index (χ2v) is 6.93. The number of hydrogen-bond donors (Lipinski definition) is 1. The number of halogens is 1. The predicted molar refractivity (Wildman–Crippen MR) is 94.9 cm³/mol. The van der Waals surface area contributed by atoms with E-state index in [1.807, 2.05) is 38.2 Å². The molecule has 1 N–H and O–H groups in total. The van der Waals surface area contributed by atoms with Gasteiger partial charge in [-0.05, 0) is 68.8 Å². The van der Waals surface area contributed by atoms with Crippen molar-refractivity contribution in [3.05, 3.63) is 53.8 Å². The van der Waals surface area contributed by atoms with E-state index in [1.54, 1.807) is 23.9 Å². The van der Waals surface area contributed by atoms with Gasteiger partial charge in [0.25, 0.3) is 0 Å². The molecule has 0 amide bonds. The molecule has 2 rings (SSSR count). The number of ether oxygens (including phenoxy) is 1. The van der Waals surface area contributed by atoms with Crippen LogP contribution in [0.5, 0.6) is 5.75 Å². The molecule has 0 aliphatic rings. The van der Waals surface area contributed by atoms with Crippen molar-refractivity contribution >= 4 is 11.8 Å². The first-order chi connectivity index (χ1) is 11.1. The van der Waals surface area contributed by atoms with Crippen molar-refractivity contribution in [3.8, 4) is 5.75 Å². The Morgan fingerprint density at radius 3 is 2.70 bits per heavy atom. The van der Waals surface area contributed by atoms with Gasteiger partial charge in [-0.25, -0.2) is 4.39 Å². The zero-order chi connectivity index (χ0) is 16.7. The van der Waals surface area contributed by atoms with Crippen molar-refractivity contribution in [2.75, 3.05) is 20.2 Å². The molecule has 0 radical (unpaired) electrons. The van der Waals surface area contributed by atoms with Crippen LogP contribution in [-0.4, -0.2) is 20.2 Å². The molecule has 0 saturated carbocycles. The van der Waals surface area contributed by atoms with Crippen LogP contribution in [0.15, 0.2) is 52.3 Å². The summed E-state index contributed by atoms with van der Waals surface area (Å²) in [4.78, 5) is 1.95. The Morgan fingerprint density at radius 2 is 1.96 bits per heavy atom. The van der Waals surface area contributed by atoms with Crippen molar-refractivity contribution in [2.45, 2.75) is 30.1 Å². The van der Waals surface area contributed by atoms with E-state index < -0.39 is 0 Å². The Hall–Kier alpha value is -1.52. The molecule has 0 aliphatic carbocycles. The van der Waals surface area contributed by atoms with E-state index in [1.165, 1.54) is 6.07 Å². The molecule has 0 bridgehead atoms. The van der Waals surface area contributed by atoms with E-state index in [4.69, 9.17) is 4.74 Å². The summed E-state index contributed by atoms with van der Waals surface area (Å²) in [7, 11) is 1.97. The normalized spacial score (nSPS) is 12.2. The minimum absolute atomic E-state index is 0.211. The van der Waals surface area contributed by atoms with E-state index in [9.17, 15) is 4.39 Å². The van der Waals surface area contributed by atoms with Crippen molar-refractivity contribution in [2.24, 2.45) is 5.92 Å². The molecule has 124 valence electrons. The number of rotatable bonds is 8. The molecule has 23 heavy (non-hydrogen) atoms. The number of hydrogen-bond acceptors (Lipinski definition) is 3. The molecule has 2 aromatic carbocycles. The molecular weight excluding hydrogens is 309 g/mol. The van der Waals surface area contributed by atoms with Crippen molar-refractivity contribution in [3.63, 3.8) is 0 Å². The van der Waals surface area contributed by atoms with Crippen molar-refractivity contribution in [1.82, 2.24) is 5.32 Å². The Morgan fingerprint density at radius 1 is 1.17 bits per heavy atom. The largest absolute Gasteiger partial charge is 0.493 e. The van der Waals surface area contributed by atoms with Crippen LogP contribution in [-0.2, 0) is 0 Å². The fourth-order valence-corrected chi connectivity index (χ4v) is 3.18. The van der Waals surface area contributed by atoms with Crippen molar-refractivity contribution in [1.29, 1.82) is 0 Å². The van der Waals surface area contributed by atoms with Crippen LogP contribution in [0.1, 0.15) is 18.9 Å². The molecule has 1 unspecified atom stereocenters. The lowest BCUT2D eigenvalue weighted by atomic mass is 10.1. The van der Waals surface area contributed by atoms with Gasteiger partial charge in [-0.1, -0.05) is 30.8 Å². The molecule has 2 aromatic rings. The fraction of sp³-hybridized carbons (Fsp3) is 0.368. The maximum atomic E-state index is 13.3. The molecule has 2 nitrogen and oxygen atoms in total. The average molecular weight is 333 g/mol. The van der Waals surface area contributed by atoms with E-state index >= 15 is 0 Å². The zero-order valence-corrected chi connectivity index (χ0v) is 14.8. The summed E-state index contributed by atoms with van der Waals surface area (Å²) in [5, 5.41) is 3.18. The Balaban J connectivity index is 1.98. The van der Waals surface area contributed by atoms with Gasteiger partial charge >= 0.3 is 0 Å². The van der Waals surface area contributed by atoms with Gasteiger partial charge in [0.15, 0.2) is 0 Å². The smallest absolute Gasteiger partial charge is 0.124 e. The van der Waals surface area contributed by atoms with Gasteiger partial charge in [-0.2, -0.15) is 0 Å². The minimum Gasteiger partial charge on any atom is -0.493 e. The first-order valence-corrected chi connectivity index (χ1v) is 8.71. The summed E-state index contributed by atoms with van der Waals surface area (Å²) in [5.74, 6) is 1.28. The van der Waals surface area contributed by atoms with Crippen LogP contribution in [0, 0.1) is 18.7 Å². The third-order valence-electron chi connectivity index (χ3n) is 3.61. The highest BCUT2D eigenvalue weighted by Gasteiger charge is 2.06. The van der Waals surface area contributed by atoms with E-state index in [0.717, 1.165) is 34.1 Å². The lowest BCUT2D eigenvalue weighted by molar-refractivity contribution is 0.280. The summed E-state index contributed by atoms with van der Waals surface area (Å²) in [5.41, 5.74) is 1.12. The summed E-state index contributed by atoms with van der Waals surface area (Å²) in [6.07, 6.45) is 1.02. The third-order valence-corrected chi connectivity index (χ3v) is 4.59. The second-order valence-electron chi connectivity index (χ2n) is 5.79. The quantitative estimate of drug-likeness (QED) is 0.741. The number of aryl methyl sites for hydroxylation is 1. The van der Waals surface area contributed by atoms with Crippen LogP contribution in [0.2, 0.25) is 0 Å². The fourth-order valence-electron chi connectivity index (χ4n) is 2.29. The highest BCUT2D eigenvalue weighted by molar-refractivity contribution is 7.99. The molecular formula is C19H24FNOS. The monoisotopic (exact) mass is 333 g/mol. The van der Waals surface area contributed by atoms with E-state index in [-0.39, 0.29) is 5.82 Å². The molecule has 4 heteroatoms. The van der Waals surface area contributed by atoms with E-state index in [2.05, 4.69) is 12.2 Å². The van der Waals surface area contributed by atoms with Gasteiger partial charge in [0.1, 0.15) is 11.6 Å². The molecule has 0 saturated heterocycles. The maximum absolute atomic E-state index is 13.3. The Bertz CT molecular complexity index is 633. The maximum Gasteiger partial charge on any atom is 0.124 e. The molecule has 0 aromatic heterocycles. The minimum atomic E-state index is -0.211. The predicted octanol–water partition coefficient (Wildman–Crippen LogP) is 4.91. The van der Waals surface area contributed by atoms with Crippen molar-refractivity contribution < 1.29 is 9.13 Å². The average Bonchev–Trinajstić information content (AvgIpc) is 2.51. The Labute approximate surface area is 142 Å². The SMILES string of the molecule is CNCC(C)CCOc1cc(Sc2cccc(F)c2)ccc1C. The van der Waals surface area contributed by atoms with Crippen LogP contribution < -0.4 is 10.1 Å². The van der Waals surface area contributed by atoms with E-state index in [0.29, 0.717) is 12.5 Å². The lowest BCUT2D eigenvalue weighted by Crippen LogP contribution is -2.18. The summed E-state index contributed by atoms with van der Waals surface area (Å²) < 4.78 is 19.2. The molecule has 0 spiro atoms. The highest BCUT2D eigenvalue weighted by atomic mass is 32.2.